The minimum absolute atomic E-state index is 0.00407. The van der Waals surface area contributed by atoms with Crippen molar-refractivity contribution in [3.63, 3.8) is 0 Å². The molecule has 0 bridgehead atoms. The molecule has 1 amide bonds. The molecule has 3 aromatic heterocycles. The number of carbonyl (C=O) groups excluding carboxylic acids is 1. The van der Waals surface area contributed by atoms with Gasteiger partial charge >= 0.3 is 0 Å². The Bertz CT molecular complexity index is 1150. The van der Waals surface area contributed by atoms with E-state index in [0.717, 1.165) is 40.7 Å². The highest BCUT2D eigenvalue weighted by Gasteiger charge is 2.35. The van der Waals surface area contributed by atoms with Crippen LogP contribution in [0.2, 0.25) is 0 Å². The molecule has 1 aliphatic carbocycles. The van der Waals surface area contributed by atoms with Crippen molar-refractivity contribution in [3.05, 3.63) is 65.6 Å². The number of aromatic nitrogens is 3. The lowest BCUT2D eigenvalue weighted by Gasteiger charge is -2.19. The zero-order chi connectivity index (χ0) is 19.1. The zero-order valence-electron chi connectivity index (χ0n) is 14.9. The van der Waals surface area contributed by atoms with Gasteiger partial charge in [0, 0.05) is 34.8 Å². The predicted molar refractivity (Wildman–Crippen MR) is 108 cm³/mol. The third-order valence-corrected chi connectivity index (χ3v) is 5.71. The Morgan fingerprint density at radius 2 is 2.07 bits per heavy atom. The second kappa shape index (κ2) is 6.83. The first-order chi connectivity index (χ1) is 13.7. The number of aromatic amines is 1. The second-order valence-electron chi connectivity index (χ2n) is 6.92. The molecule has 0 unspecified atom stereocenters. The van der Waals surface area contributed by atoms with Crippen LogP contribution in [0.25, 0.3) is 22.3 Å². The molecular formula is C21H17FN4OS. The highest BCUT2D eigenvalue weighted by atomic mass is 32.1. The summed E-state index contributed by atoms with van der Waals surface area (Å²) in [5.74, 6) is -0.302. The number of nitrogens with zero attached hydrogens (tertiary/aromatic N) is 3. The minimum atomic E-state index is -0.298. The Morgan fingerprint density at radius 3 is 2.86 bits per heavy atom. The van der Waals surface area contributed by atoms with Crippen LogP contribution in [0.15, 0.2) is 54.2 Å². The Labute approximate surface area is 164 Å². The maximum atomic E-state index is 13.1. The predicted octanol–water partition coefficient (Wildman–Crippen LogP) is 4.56. The molecule has 3 heterocycles. The van der Waals surface area contributed by atoms with E-state index in [1.54, 1.807) is 18.3 Å². The summed E-state index contributed by atoms with van der Waals surface area (Å²) >= 11 is 1.47. The van der Waals surface area contributed by atoms with Crippen LogP contribution in [0.1, 0.15) is 18.4 Å². The van der Waals surface area contributed by atoms with Gasteiger partial charge in [-0.05, 0) is 42.7 Å². The van der Waals surface area contributed by atoms with Crippen LogP contribution in [0, 0.1) is 5.82 Å². The number of hydrogen-bond acceptors (Lipinski definition) is 4. The van der Waals surface area contributed by atoms with Crippen molar-refractivity contribution in [2.75, 3.05) is 4.90 Å². The topological polar surface area (TPSA) is 61.9 Å². The van der Waals surface area contributed by atoms with Crippen molar-refractivity contribution in [2.45, 2.75) is 25.3 Å². The number of thiazole rings is 1. The average Bonchev–Trinajstić information content (AvgIpc) is 3.25. The molecular weight excluding hydrogens is 375 g/mol. The molecule has 0 aliphatic heterocycles. The minimum Gasteiger partial charge on any atom is -0.345 e. The Morgan fingerprint density at radius 1 is 1.25 bits per heavy atom. The zero-order valence-corrected chi connectivity index (χ0v) is 15.7. The standard InChI is InChI=1S/C21H17FN4OS/c22-14-5-3-13(4-6-14)10-19(27)26(15-7-8-15)21-25-18(12-28-21)17-11-24-20-16(17)2-1-9-23-20/h1-6,9,11-12,15H,7-8,10H2,(H,23,24). The summed E-state index contributed by atoms with van der Waals surface area (Å²) in [4.78, 5) is 27.0. The van der Waals surface area contributed by atoms with E-state index in [-0.39, 0.29) is 24.2 Å². The fourth-order valence-corrected chi connectivity index (χ4v) is 4.24. The smallest absolute Gasteiger partial charge is 0.233 e. The summed E-state index contributed by atoms with van der Waals surface area (Å²) in [7, 11) is 0. The highest BCUT2D eigenvalue weighted by molar-refractivity contribution is 7.14. The van der Waals surface area contributed by atoms with Crippen molar-refractivity contribution >= 4 is 33.4 Å². The molecule has 5 rings (SSSR count). The molecule has 4 aromatic rings. The molecule has 5 nitrogen and oxygen atoms in total. The van der Waals surface area contributed by atoms with Gasteiger partial charge in [-0.1, -0.05) is 12.1 Å². The average molecular weight is 392 g/mol. The number of carbonyl (C=O) groups is 1. The molecule has 1 fully saturated rings. The maximum absolute atomic E-state index is 13.1. The van der Waals surface area contributed by atoms with Gasteiger partial charge in [0.1, 0.15) is 11.5 Å². The third-order valence-electron chi connectivity index (χ3n) is 4.87. The number of amides is 1. The first kappa shape index (κ1) is 17.1. The highest BCUT2D eigenvalue weighted by Crippen LogP contribution is 2.37. The SMILES string of the molecule is O=C(Cc1ccc(F)cc1)N(c1nc(-c2c[nH]c3ncccc23)cs1)C1CC1. The van der Waals surface area contributed by atoms with Gasteiger partial charge in [0.25, 0.3) is 0 Å². The first-order valence-corrected chi connectivity index (χ1v) is 10.0. The van der Waals surface area contributed by atoms with Gasteiger partial charge in [-0.25, -0.2) is 14.4 Å². The molecule has 1 N–H and O–H groups in total. The summed E-state index contributed by atoms with van der Waals surface area (Å²) < 4.78 is 13.1. The van der Waals surface area contributed by atoms with Crippen molar-refractivity contribution in [2.24, 2.45) is 0 Å². The van der Waals surface area contributed by atoms with E-state index < -0.39 is 0 Å². The molecule has 1 aliphatic rings. The number of halogens is 1. The van der Waals surface area contributed by atoms with Crippen LogP contribution >= 0.6 is 11.3 Å². The number of rotatable bonds is 5. The number of benzene rings is 1. The molecule has 0 saturated heterocycles. The summed E-state index contributed by atoms with van der Waals surface area (Å²) in [6, 6.07) is 10.2. The van der Waals surface area contributed by atoms with Gasteiger partial charge in [-0.2, -0.15) is 0 Å². The van der Waals surface area contributed by atoms with E-state index in [1.165, 1.54) is 23.5 Å². The monoisotopic (exact) mass is 392 g/mol. The Kier molecular flexibility index (Phi) is 4.16. The Balaban J connectivity index is 1.43. The molecule has 0 atom stereocenters. The van der Waals surface area contributed by atoms with E-state index >= 15 is 0 Å². The van der Waals surface area contributed by atoms with Crippen molar-refractivity contribution in [1.29, 1.82) is 0 Å². The van der Waals surface area contributed by atoms with Crippen LogP contribution < -0.4 is 4.90 Å². The number of H-pyrrole nitrogens is 1. The number of anilines is 1. The van der Waals surface area contributed by atoms with Crippen molar-refractivity contribution in [3.8, 4) is 11.3 Å². The van der Waals surface area contributed by atoms with Gasteiger partial charge in [-0.15, -0.1) is 11.3 Å². The lowest BCUT2D eigenvalue weighted by atomic mass is 10.1. The molecule has 0 spiro atoms. The normalized spacial score (nSPS) is 13.8. The van der Waals surface area contributed by atoms with Crippen LogP contribution in [-0.4, -0.2) is 26.9 Å². The molecule has 1 aromatic carbocycles. The van der Waals surface area contributed by atoms with Crippen LogP contribution in [0.5, 0.6) is 0 Å². The van der Waals surface area contributed by atoms with Crippen LogP contribution in [0.3, 0.4) is 0 Å². The fourth-order valence-electron chi connectivity index (χ4n) is 3.33. The van der Waals surface area contributed by atoms with Gasteiger partial charge < -0.3 is 4.98 Å². The number of fused-ring (bicyclic) bond motifs is 1. The molecule has 140 valence electrons. The number of hydrogen-bond donors (Lipinski definition) is 1. The fraction of sp³-hybridized carbons (Fsp3) is 0.190. The van der Waals surface area contributed by atoms with Crippen LogP contribution in [-0.2, 0) is 11.2 Å². The lowest BCUT2D eigenvalue weighted by molar-refractivity contribution is -0.118. The van der Waals surface area contributed by atoms with E-state index in [9.17, 15) is 9.18 Å². The summed E-state index contributed by atoms with van der Waals surface area (Å²) in [5.41, 5.74) is 3.43. The third kappa shape index (κ3) is 3.18. The van der Waals surface area contributed by atoms with Gasteiger partial charge in [0.2, 0.25) is 5.91 Å². The Hall–Kier alpha value is -3.06. The van der Waals surface area contributed by atoms with Crippen LogP contribution in [0.4, 0.5) is 9.52 Å². The molecule has 1 saturated carbocycles. The molecule has 7 heteroatoms. The molecule has 28 heavy (non-hydrogen) atoms. The summed E-state index contributed by atoms with van der Waals surface area (Å²) in [6.07, 6.45) is 5.86. The van der Waals surface area contributed by atoms with Crippen molar-refractivity contribution < 1.29 is 9.18 Å². The second-order valence-corrected chi connectivity index (χ2v) is 7.75. The maximum Gasteiger partial charge on any atom is 0.233 e. The summed E-state index contributed by atoms with van der Waals surface area (Å²) in [6.45, 7) is 0. The van der Waals surface area contributed by atoms with E-state index in [0.29, 0.717) is 5.13 Å². The first-order valence-electron chi connectivity index (χ1n) is 9.13. The summed E-state index contributed by atoms with van der Waals surface area (Å²) in [5, 5.41) is 3.70. The van der Waals surface area contributed by atoms with Gasteiger partial charge in [-0.3, -0.25) is 9.69 Å². The number of pyridine rings is 1. The van der Waals surface area contributed by atoms with Crippen molar-refractivity contribution in [1.82, 2.24) is 15.0 Å². The quantitative estimate of drug-likeness (QED) is 0.541. The molecule has 0 radical (unpaired) electrons. The van der Waals surface area contributed by atoms with E-state index in [2.05, 4.69) is 9.97 Å². The van der Waals surface area contributed by atoms with Gasteiger partial charge in [0.15, 0.2) is 5.13 Å². The van der Waals surface area contributed by atoms with Gasteiger partial charge in [0.05, 0.1) is 12.1 Å². The number of nitrogens with one attached hydrogen (secondary N) is 1. The van der Waals surface area contributed by atoms with E-state index in [1.807, 2.05) is 28.6 Å². The van der Waals surface area contributed by atoms with E-state index in [4.69, 9.17) is 4.98 Å². The lowest BCUT2D eigenvalue weighted by Crippen LogP contribution is -2.34. The largest absolute Gasteiger partial charge is 0.345 e.